The second-order valence-electron chi connectivity index (χ2n) is 3.05. The predicted molar refractivity (Wildman–Crippen MR) is 55.5 cm³/mol. The Morgan fingerprint density at radius 1 is 1.54 bits per heavy atom. The molecule has 1 heterocycles. The third-order valence-electron chi connectivity index (χ3n) is 2.14. The molecular weight excluding hydrogens is 164 g/mol. The summed E-state index contributed by atoms with van der Waals surface area (Å²) in [5.41, 5.74) is 0.872. The van der Waals surface area contributed by atoms with Crippen molar-refractivity contribution in [3.05, 3.63) is 11.4 Å². The van der Waals surface area contributed by atoms with Crippen LogP contribution in [0.1, 0.15) is 6.92 Å². The average Bonchev–Trinajstić information content (AvgIpc) is 2.20. The van der Waals surface area contributed by atoms with Crippen molar-refractivity contribution in [2.24, 2.45) is 4.99 Å². The van der Waals surface area contributed by atoms with Crippen molar-refractivity contribution in [2.75, 3.05) is 26.2 Å². The zero-order chi connectivity index (χ0) is 9.68. The number of allylic oxidation sites excluding steroid dienone is 1. The van der Waals surface area contributed by atoms with Gasteiger partial charge in [0.2, 0.25) is 0 Å². The van der Waals surface area contributed by atoms with Gasteiger partial charge in [-0.1, -0.05) is 0 Å². The maximum absolute atomic E-state index is 7.15. The highest BCUT2D eigenvalue weighted by molar-refractivity contribution is 5.76. The van der Waals surface area contributed by atoms with Crippen molar-refractivity contribution in [1.82, 2.24) is 10.2 Å². The molecule has 0 radical (unpaired) electrons. The summed E-state index contributed by atoms with van der Waals surface area (Å²) in [4.78, 5) is 6.12. The SMILES string of the molecule is C=N/C(=C(/C)C=N)N1CCNCC1. The molecule has 13 heavy (non-hydrogen) atoms. The molecule has 0 saturated carbocycles. The second-order valence-corrected chi connectivity index (χ2v) is 3.05. The summed E-state index contributed by atoms with van der Waals surface area (Å²) in [6, 6.07) is 0. The molecule has 0 aliphatic carbocycles. The van der Waals surface area contributed by atoms with Crippen LogP contribution >= 0.6 is 0 Å². The molecule has 1 fully saturated rings. The normalized spacial score (nSPS) is 19.3. The fourth-order valence-electron chi connectivity index (χ4n) is 1.42. The van der Waals surface area contributed by atoms with Crippen LogP contribution < -0.4 is 5.32 Å². The first-order valence-corrected chi connectivity index (χ1v) is 4.43. The molecule has 0 bridgehead atoms. The summed E-state index contributed by atoms with van der Waals surface area (Å²) in [5.74, 6) is 0.844. The Morgan fingerprint density at radius 2 is 2.15 bits per heavy atom. The maximum Gasteiger partial charge on any atom is 0.132 e. The Hall–Kier alpha value is -1.16. The molecule has 2 N–H and O–H groups in total. The first kappa shape index (κ1) is 9.92. The first-order valence-electron chi connectivity index (χ1n) is 4.43. The van der Waals surface area contributed by atoms with Crippen LogP contribution in [0.4, 0.5) is 0 Å². The monoisotopic (exact) mass is 180 g/mol. The van der Waals surface area contributed by atoms with Crippen LogP contribution in [-0.2, 0) is 0 Å². The standard InChI is InChI=1S/C9H16N4/c1-8(7-10)9(11-2)13-5-3-12-4-6-13/h7,10,12H,2-6H2,1H3/b9-8+,10-7?. The Labute approximate surface area is 78.9 Å². The van der Waals surface area contributed by atoms with Crippen LogP contribution in [0.15, 0.2) is 16.4 Å². The van der Waals surface area contributed by atoms with Crippen molar-refractivity contribution in [2.45, 2.75) is 6.92 Å². The number of aliphatic imine (C=N–C) groups is 1. The average molecular weight is 180 g/mol. The zero-order valence-electron chi connectivity index (χ0n) is 8.01. The molecule has 4 heteroatoms. The minimum absolute atomic E-state index is 0.844. The Morgan fingerprint density at radius 3 is 2.62 bits per heavy atom. The molecule has 1 saturated heterocycles. The summed E-state index contributed by atoms with van der Waals surface area (Å²) < 4.78 is 0. The Bertz CT molecular complexity index is 226. The summed E-state index contributed by atoms with van der Waals surface area (Å²) in [6.45, 7) is 9.26. The molecule has 1 rings (SSSR count). The molecule has 0 aromatic heterocycles. The molecule has 1 aliphatic heterocycles. The molecule has 4 nitrogen and oxygen atoms in total. The van der Waals surface area contributed by atoms with E-state index in [0.29, 0.717) is 0 Å². The van der Waals surface area contributed by atoms with E-state index in [4.69, 9.17) is 5.41 Å². The molecule has 0 aromatic carbocycles. The van der Waals surface area contributed by atoms with E-state index < -0.39 is 0 Å². The van der Waals surface area contributed by atoms with Gasteiger partial charge in [-0.3, -0.25) is 0 Å². The van der Waals surface area contributed by atoms with Crippen molar-refractivity contribution < 1.29 is 0 Å². The van der Waals surface area contributed by atoms with Crippen molar-refractivity contribution >= 4 is 12.9 Å². The van der Waals surface area contributed by atoms with Crippen LogP contribution in [0.3, 0.4) is 0 Å². The lowest BCUT2D eigenvalue weighted by Crippen LogP contribution is -2.42. The van der Waals surface area contributed by atoms with E-state index in [-0.39, 0.29) is 0 Å². The van der Waals surface area contributed by atoms with E-state index in [1.54, 1.807) is 0 Å². The number of hydrogen-bond donors (Lipinski definition) is 2. The molecule has 0 spiro atoms. The van der Waals surface area contributed by atoms with Crippen LogP contribution in [0.25, 0.3) is 0 Å². The predicted octanol–water partition coefficient (Wildman–Crippen LogP) is 0.473. The summed E-state index contributed by atoms with van der Waals surface area (Å²) >= 11 is 0. The quantitative estimate of drug-likeness (QED) is 0.620. The number of hydrogen-bond acceptors (Lipinski definition) is 4. The van der Waals surface area contributed by atoms with Crippen molar-refractivity contribution in [1.29, 1.82) is 5.41 Å². The molecule has 0 atom stereocenters. The molecule has 0 amide bonds. The fraction of sp³-hybridized carbons (Fsp3) is 0.556. The highest BCUT2D eigenvalue weighted by atomic mass is 15.2. The zero-order valence-corrected chi connectivity index (χ0v) is 8.01. The van der Waals surface area contributed by atoms with Crippen LogP contribution in [0.2, 0.25) is 0 Å². The lowest BCUT2D eigenvalue weighted by Gasteiger charge is -2.29. The van der Waals surface area contributed by atoms with E-state index in [1.807, 2.05) is 6.92 Å². The number of rotatable bonds is 3. The van der Waals surface area contributed by atoms with E-state index >= 15 is 0 Å². The third kappa shape index (κ3) is 2.39. The smallest absolute Gasteiger partial charge is 0.132 e. The number of nitrogens with one attached hydrogen (secondary N) is 2. The summed E-state index contributed by atoms with van der Waals surface area (Å²) in [5, 5.41) is 10.4. The topological polar surface area (TPSA) is 51.5 Å². The number of piperazine rings is 1. The Kier molecular flexibility index (Phi) is 3.64. The summed E-state index contributed by atoms with van der Waals surface area (Å²) in [6.07, 6.45) is 1.33. The van der Waals surface area contributed by atoms with Gasteiger partial charge in [-0.05, 0) is 13.6 Å². The lowest BCUT2D eigenvalue weighted by molar-refractivity contribution is 0.296. The number of nitrogens with zero attached hydrogens (tertiary/aromatic N) is 2. The largest absolute Gasteiger partial charge is 0.354 e. The molecule has 72 valence electrons. The van der Waals surface area contributed by atoms with Gasteiger partial charge in [-0.2, -0.15) is 0 Å². The van der Waals surface area contributed by atoms with Gasteiger partial charge in [0.25, 0.3) is 0 Å². The van der Waals surface area contributed by atoms with Crippen LogP contribution in [-0.4, -0.2) is 44.0 Å². The van der Waals surface area contributed by atoms with Gasteiger partial charge >= 0.3 is 0 Å². The van der Waals surface area contributed by atoms with Gasteiger partial charge < -0.3 is 15.6 Å². The first-order chi connectivity index (χ1) is 6.29. The Balaban J connectivity index is 2.75. The van der Waals surface area contributed by atoms with E-state index in [1.165, 1.54) is 6.21 Å². The highest BCUT2D eigenvalue weighted by Gasteiger charge is 2.12. The van der Waals surface area contributed by atoms with E-state index in [9.17, 15) is 0 Å². The van der Waals surface area contributed by atoms with Gasteiger partial charge in [-0.25, -0.2) is 4.99 Å². The van der Waals surface area contributed by atoms with Gasteiger partial charge in [0.1, 0.15) is 5.82 Å². The van der Waals surface area contributed by atoms with Crippen molar-refractivity contribution in [3.8, 4) is 0 Å². The van der Waals surface area contributed by atoms with Gasteiger partial charge in [-0.15, -0.1) is 0 Å². The molecule has 0 unspecified atom stereocenters. The van der Waals surface area contributed by atoms with E-state index in [2.05, 4.69) is 21.9 Å². The molecule has 0 aromatic rings. The van der Waals surface area contributed by atoms with Gasteiger partial charge in [0, 0.05) is 38.0 Å². The van der Waals surface area contributed by atoms with Crippen LogP contribution in [0, 0.1) is 5.41 Å². The van der Waals surface area contributed by atoms with Crippen LogP contribution in [0.5, 0.6) is 0 Å². The minimum atomic E-state index is 0.844. The second kappa shape index (κ2) is 4.77. The molecular formula is C9H16N4. The summed E-state index contributed by atoms with van der Waals surface area (Å²) in [7, 11) is 0. The highest BCUT2D eigenvalue weighted by Crippen LogP contribution is 2.10. The van der Waals surface area contributed by atoms with Gasteiger partial charge in [0.05, 0.1) is 0 Å². The fourth-order valence-corrected chi connectivity index (χ4v) is 1.42. The van der Waals surface area contributed by atoms with Gasteiger partial charge in [0.15, 0.2) is 0 Å². The third-order valence-corrected chi connectivity index (χ3v) is 2.14. The minimum Gasteiger partial charge on any atom is -0.354 e. The lowest BCUT2D eigenvalue weighted by atomic mass is 10.3. The maximum atomic E-state index is 7.15. The molecule has 1 aliphatic rings. The van der Waals surface area contributed by atoms with Crippen molar-refractivity contribution in [3.63, 3.8) is 0 Å². The van der Waals surface area contributed by atoms with E-state index in [0.717, 1.165) is 37.6 Å².